The van der Waals surface area contributed by atoms with Gasteiger partial charge in [0.25, 0.3) is 0 Å². The predicted octanol–water partition coefficient (Wildman–Crippen LogP) is 4.68. The molecule has 0 aliphatic carbocycles. The summed E-state index contributed by atoms with van der Waals surface area (Å²) >= 11 is 6.10. The van der Waals surface area contributed by atoms with Crippen LogP contribution in [0.3, 0.4) is 0 Å². The molecule has 0 bridgehead atoms. The molecule has 1 aromatic carbocycles. The number of aryl methyl sites for hydroxylation is 1. The van der Waals surface area contributed by atoms with E-state index in [1.807, 2.05) is 50.2 Å². The van der Waals surface area contributed by atoms with Gasteiger partial charge in [0.1, 0.15) is 5.82 Å². The summed E-state index contributed by atoms with van der Waals surface area (Å²) in [5.74, 6) is 1.28. The Morgan fingerprint density at radius 3 is 2.58 bits per heavy atom. The van der Waals surface area contributed by atoms with Gasteiger partial charge in [-0.15, -0.1) is 0 Å². The van der Waals surface area contributed by atoms with Crippen molar-refractivity contribution in [1.82, 2.24) is 15.0 Å². The van der Waals surface area contributed by atoms with Gasteiger partial charge >= 0.3 is 0 Å². The van der Waals surface area contributed by atoms with E-state index in [4.69, 9.17) is 11.6 Å². The van der Waals surface area contributed by atoms with Gasteiger partial charge in [-0.2, -0.15) is 4.98 Å². The quantitative estimate of drug-likeness (QED) is 0.707. The normalized spacial score (nSPS) is 10.5. The Morgan fingerprint density at radius 2 is 1.83 bits per heavy atom. The zero-order valence-corrected chi connectivity index (χ0v) is 14.3. The molecule has 0 aliphatic rings. The first kappa shape index (κ1) is 16.2. The molecular weight excluding hydrogens is 322 g/mol. The van der Waals surface area contributed by atoms with Crippen LogP contribution in [0.15, 0.2) is 48.8 Å². The van der Waals surface area contributed by atoms with Gasteiger partial charge in [-0.05, 0) is 43.7 Å². The van der Waals surface area contributed by atoms with E-state index in [1.54, 1.807) is 12.4 Å². The molecule has 0 saturated carbocycles. The third kappa shape index (κ3) is 3.81. The van der Waals surface area contributed by atoms with Gasteiger partial charge in [0.15, 0.2) is 0 Å². The minimum atomic E-state index is 0.578. The van der Waals surface area contributed by atoms with Crippen LogP contribution in [0, 0.1) is 6.92 Å². The van der Waals surface area contributed by atoms with Gasteiger partial charge in [0.05, 0.1) is 5.69 Å². The van der Waals surface area contributed by atoms with E-state index < -0.39 is 0 Å². The maximum Gasteiger partial charge on any atom is 0.225 e. The number of hydrogen-bond acceptors (Lipinski definition) is 5. The molecule has 0 atom stereocenters. The SMILES string of the molecule is CCNc1nc(Nc2cc(Cl)ccc2C)cc(-c2ccncc2)n1. The van der Waals surface area contributed by atoms with Crippen LogP contribution in [-0.4, -0.2) is 21.5 Å². The minimum Gasteiger partial charge on any atom is -0.354 e. The number of halogens is 1. The summed E-state index contributed by atoms with van der Waals surface area (Å²) in [7, 11) is 0. The second kappa shape index (κ2) is 7.27. The topological polar surface area (TPSA) is 62.7 Å². The second-order valence-electron chi connectivity index (χ2n) is 5.31. The van der Waals surface area contributed by atoms with Crippen molar-refractivity contribution in [3.63, 3.8) is 0 Å². The highest BCUT2D eigenvalue weighted by Gasteiger charge is 2.08. The second-order valence-corrected chi connectivity index (χ2v) is 5.75. The number of anilines is 3. The van der Waals surface area contributed by atoms with Gasteiger partial charge in [-0.25, -0.2) is 4.98 Å². The lowest BCUT2D eigenvalue weighted by atomic mass is 10.2. The maximum atomic E-state index is 6.10. The number of pyridine rings is 1. The van der Waals surface area contributed by atoms with Crippen LogP contribution in [0.5, 0.6) is 0 Å². The molecule has 0 saturated heterocycles. The lowest BCUT2D eigenvalue weighted by Gasteiger charge is -2.12. The van der Waals surface area contributed by atoms with Crippen LogP contribution in [0.25, 0.3) is 11.3 Å². The molecule has 0 amide bonds. The number of nitrogens with one attached hydrogen (secondary N) is 2. The predicted molar refractivity (Wildman–Crippen MR) is 98.9 cm³/mol. The molecule has 0 aliphatic heterocycles. The van der Waals surface area contributed by atoms with Crippen molar-refractivity contribution >= 4 is 29.1 Å². The smallest absolute Gasteiger partial charge is 0.225 e. The number of benzene rings is 1. The Balaban J connectivity index is 2.00. The number of nitrogens with zero attached hydrogens (tertiary/aromatic N) is 3. The summed E-state index contributed by atoms with van der Waals surface area (Å²) in [5, 5.41) is 7.18. The van der Waals surface area contributed by atoms with Crippen molar-refractivity contribution in [1.29, 1.82) is 0 Å². The number of aromatic nitrogens is 3. The molecule has 0 fully saturated rings. The lowest BCUT2D eigenvalue weighted by Crippen LogP contribution is -2.05. The minimum absolute atomic E-state index is 0.578. The molecule has 3 rings (SSSR count). The third-order valence-electron chi connectivity index (χ3n) is 3.50. The molecule has 6 heteroatoms. The third-order valence-corrected chi connectivity index (χ3v) is 3.73. The van der Waals surface area contributed by atoms with E-state index in [2.05, 4.69) is 25.6 Å². The van der Waals surface area contributed by atoms with E-state index in [0.717, 1.165) is 29.1 Å². The fourth-order valence-electron chi connectivity index (χ4n) is 2.29. The molecule has 3 aromatic rings. The van der Waals surface area contributed by atoms with Crippen molar-refractivity contribution in [2.75, 3.05) is 17.2 Å². The summed E-state index contributed by atoms with van der Waals surface area (Å²) < 4.78 is 0. The molecule has 0 spiro atoms. The van der Waals surface area contributed by atoms with Crippen molar-refractivity contribution in [3.8, 4) is 11.3 Å². The highest BCUT2D eigenvalue weighted by Crippen LogP contribution is 2.26. The van der Waals surface area contributed by atoms with Gasteiger partial charge in [0.2, 0.25) is 5.95 Å². The average Bonchev–Trinajstić information content (AvgIpc) is 2.59. The van der Waals surface area contributed by atoms with Crippen LogP contribution in [0.1, 0.15) is 12.5 Å². The molecule has 2 N–H and O–H groups in total. The summed E-state index contributed by atoms with van der Waals surface area (Å²) in [6.45, 7) is 4.78. The van der Waals surface area contributed by atoms with E-state index >= 15 is 0 Å². The molecule has 5 nitrogen and oxygen atoms in total. The lowest BCUT2D eigenvalue weighted by molar-refractivity contribution is 1.09. The molecule has 0 unspecified atom stereocenters. The summed E-state index contributed by atoms with van der Waals surface area (Å²) in [5.41, 5.74) is 3.82. The molecule has 2 heterocycles. The maximum absolute atomic E-state index is 6.10. The Bertz CT molecular complexity index is 836. The van der Waals surface area contributed by atoms with Crippen molar-refractivity contribution in [2.24, 2.45) is 0 Å². The zero-order chi connectivity index (χ0) is 16.9. The average molecular weight is 340 g/mol. The van der Waals surface area contributed by atoms with Crippen LogP contribution in [0.4, 0.5) is 17.5 Å². The first-order chi connectivity index (χ1) is 11.7. The Kier molecular flexibility index (Phi) is 4.91. The summed E-state index contributed by atoms with van der Waals surface area (Å²) in [6.07, 6.45) is 3.50. The van der Waals surface area contributed by atoms with Crippen LogP contribution in [0.2, 0.25) is 5.02 Å². The Morgan fingerprint density at radius 1 is 1.04 bits per heavy atom. The van der Waals surface area contributed by atoms with Gasteiger partial charge < -0.3 is 10.6 Å². The Hall–Kier alpha value is -2.66. The molecule has 0 radical (unpaired) electrons. The Labute approximate surface area is 146 Å². The largest absolute Gasteiger partial charge is 0.354 e. The number of hydrogen-bond donors (Lipinski definition) is 2. The van der Waals surface area contributed by atoms with E-state index in [0.29, 0.717) is 16.8 Å². The van der Waals surface area contributed by atoms with Gasteiger partial charge in [0, 0.05) is 41.3 Å². The van der Waals surface area contributed by atoms with Gasteiger partial charge in [-0.1, -0.05) is 17.7 Å². The van der Waals surface area contributed by atoms with Crippen molar-refractivity contribution in [2.45, 2.75) is 13.8 Å². The van der Waals surface area contributed by atoms with E-state index in [1.165, 1.54) is 0 Å². The number of rotatable bonds is 5. The fourth-order valence-corrected chi connectivity index (χ4v) is 2.46. The zero-order valence-electron chi connectivity index (χ0n) is 13.5. The first-order valence-corrected chi connectivity index (χ1v) is 8.10. The van der Waals surface area contributed by atoms with E-state index in [9.17, 15) is 0 Å². The highest BCUT2D eigenvalue weighted by atomic mass is 35.5. The van der Waals surface area contributed by atoms with Crippen LogP contribution in [-0.2, 0) is 0 Å². The van der Waals surface area contributed by atoms with Crippen LogP contribution < -0.4 is 10.6 Å². The summed E-state index contributed by atoms with van der Waals surface area (Å²) in [6, 6.07) is 11.5. The standard InChI is InChI=1S/C18H18ClN5/c1-3-21-18-23-16(13-6-8-20-9-7-13)11-17(24-18)22-15-10-14(19)5-4-12(15)2/h4-11H,3H2,1-2H3,(H2,21,22,23,24). The van der Waals surface area contributed by atoms with Crippen molar-refractivity contribution in [3.05, 3.63) is 59.4 Å². The molecule has 122 valence electrons. The molecular formula is C18H18ClN5. The molecule has 2 aromatic heterocycles. The van der Waals surface area contributed by atoms with Crippen molar-refractivity contribution < 1.29 is 0 Å². The van der Waals surface area contributed by atoms with E-state index in [-0.39, 0.29) is 0 Å². The van der Waals surface area contributed by atoms with Gasteiger partial charge in [-0.3, -0.25) is 4.98 Å². The summed E-state index contributed by atoms with van der Waals surface area (Å²) in [4.78, 5) is 13.1. The molecule has 24 heavy (non-hydrogen) atoms. The fraction of sp³-hybridized carbons (Fsp3) is 0.167. The highest BCUT2D eigenvalue weighted by molar-refractivity contribution is 6.30. The monoisotopic (exact) mass is 339 g/mol. The first-order valence-electron chi connectivity index (χ1n) is 7.72. The van der Waals surface area contributed by atoms with Crippen LogP contribution >= 0.6 is 11.6 Å².